The highest BCUT2D eigenvalue weighted by molar-refractivity contribution is 7.80. The largest absolute Gasteiger partial charge is 0.467 e. The molecule has 0 atom stereocenters. The molecular formula is C20H27N3O3S2. The van der Waals surface area contributed by atoms with Gasteiger partial charge in [0.25, 0.3) is 0 Å². The fourth-order valence-electron chi connectivity index (χ4n) is 3.76. The Morgan fingerprint density at radius 1 is 1.39 bits per heavy atom. The van der Waals surface area contributed by atoms with Crippen molar-refractivity contribution >= 4 is 39.6 Å². The first-order valence-electron chi connectivity index (χ1n) is 9.33. The van der Waals surface area contributed by atoms with Crippen LogP contribution in [0.1, 0.15) is 61.2 Å². The minimum absolute atomic E-state index is 0.131. The standard InChI is InChI=1S/C20H27N3O3S2/c1-6-25-17(24)14-13-10-19(2,3)23-20(4,5)15(13)28-16(14)22-18(27)21-11-12-8-7-9-26-12/h7-9,23H,6,10-11H2,1-5H3,(H2,21,22,27). The smallest absolute Gasteiger partial charge is 0.341 e. The first-order chi connectivity index (χ1) is 13.1. The molecule has 3 rings (SSSR count). The first kappa shape index (κ1) is 20.8. The molecule has 0 amide bonds. The third kappa shape index (κ3) is 4.39. The van der Waals surface area contributed by atoms with Crippen molar-refractivity contribution in [2.24, 2.45) is 0 Å². The van der Waals surface area contributed by atoms with Crippen molar-refractivity contribution in [3.63, 3.8) is 0 Å². The van der Waals surface area contributed by atoms with E-state index in [9.17, 15) is 4.79 Å². The molecule has 0 spiro atoms. The van der Waals surface area contributed by atoms with Gasteiger partial charge in [-0.25, -0.2) is 4.79 Å². The lowest BCUT2D eigenvalue weighted by Crippen LogP contribution is -2.55. The third-order valence-corrected chi connectivity index (χ3v) is 6.27. The minimum Gasteiger partial charge on any atom is -0.467 e. The summed E-state index contributed by atoms with van der Waals surface area (Å²) in [6.07, 6.45) is 2.36. The van der Waals surface area contributed by atoms with Gasteiger partial charge in [0.15, 0.2) is 5.11 Å². The lowest BCUT2D eigenvalue weighted by atomic mass is 9.81. The molecule has 0 radical (unpaired) electrons. The van der Waals surface area contributed by atoms with Gasteiger partial charge in [-0.3, -0.25) is 0 Å². The Kier molecular flexibility index (Phi) is 5.84. The topological polar surface area (TPSA) is 75.5 Å². The van der Waals surface area contributed by atoms with Crippen molar-refractivity contribution in [1.82, 2.24) is 10.6 Å². The van der Waals surface area contributed by atoms with Gasteiger partial charge < -0.3 is 25.1 Å². The van der Waals surface area contributed by atoms with Gasteiger partial charge in [0.1, 0.15) is 10.8 Å². The maximum atomic E-state index is 12.8. The van der Waals surface area contributed by atoms with Gasteiger partial charge in [0.05, 0.1) is 25.0 Å². The van der Waals surface area contributed by atoms with Crippen molar-refractivity contribution in [2.45, 2.75) is 58.7 Å². The summed E-state index contributed by atoms with van der Waals surface area (Å²) in [5, 5.41) is 11.1. The van der Waals surface area contributed by atoms with Crippen molar-refractivity contribution in [1.29, 1.82) is 0 Å². The molecule has 28 heavy (non-hydrogen) atoms. The summed E-state index contributed by atoms with van der Waals surface area (Å²) < 4.78 is 10.7. The third-order valence-electron chi connectivity index (χ3n) is 4.55. The lowest BCUT2D eigenvalue weighted by Gasteiger charge is -2.42. The van der Waals surface area contributed by atoms with Crippen LogP contribution in [0.2, 0.25) is 0 Å². The molecule has 2 aromatic heterocycles. The molecule has 3 heterocycles. The number of thiocarbonyl (C=S) groups is 1. The van der Waals surface area contributed by atoms with E-state index in [1.54, 1.807) is 17.6 Å². The Bertz CT molecular complexity index is 870. The number of fused-ring (bicyclic) bond motifs is 1. The molecule has 0 aliphatic carbocycles. The van der Waals surface area contributed by atoms with Gasteiger partial charge in [-0.2, -0.15) is 0 Å². The Morgan fingerprint density at radius 3 is 2.79 bits per heavy atom. The van der Waals surface area contributed by atoms with Gasteiger partial charge >= 0.3 is 5.97 Å². The van der Waals surface area contributed by atoms with E-state index in [4.69, 9.17) is 21.4 Å². The maximum absolute atomic E-state index is 12.8. The number of hydrogen-bond donors (Lipinski definition) is 3. The number of nitrogens with one attached hydrogen (secondary N) is 3. The second-order valence-electron chi connectivity index (χ2n) is 8.03. The number of furan rings is 1. The van der Waals surface area contributed by atoms with Crippen molar-refractivity contribution in [3.8, 4) is 0 Å². The second kappa shape index (κ2) is 7.85. The maximum Gasteiger partial charge on any atom is 0.341 e. The van der Waals surface area contributed by atoms with E-state index in [1.807, 2.05) is 19.1 Å². The number of anilines is 1. The monoisotopic (exact) mass is 421 g/mol. The summed E-state index contributed by atoms with van der Waals surface area (Å²) in [6.45, 7) is 11.2. The number of rotatable bonds is 5. The predicted octanol–water partition coefficient (Wildman–Crippen LogP) is 4.16. The SMILES string of the molecule is CCOC(=O)c1c(NC(=S)NCc2ccco2)sc2c1CC(C)(C)NC2(C)C. The predicted molar refractivity (Wildman–Crippen MR) is 116 cm³/mol. The molecular weight excluding hydrogens is 394 g/mol. The summed E-state index contributed by atoms with van der Waals surface area (Å²) in [4.78, 5) is 13.9. The van der Waals surface area contributed by atoms with E-state index in [0.29, 0.717) is 28.8 Å². The average molecular weight is 422 g/mol. The highest BCUT2D eigenvalue weighted by Crippen LogP contribution is 2.45. The Labute approximate surface area is 175 Å². The van der Waals surface area contributed by atoms with Crippen LogP contribution < -0.4 is 16.0 Å². The summed E-state index contributed by atoms with van der Waals surface area (Å²) in [5.41, 5.74) is 1.24. The molecule has 0 bridgehead atoms. The lowest BCUT2D eigenvalue weighted by molar-refractivity contribution is 0.0525. The molecule has 0 unspecified atom stereocenters. The Hall–Kier alpha value is -1.90. The Balaban J connectivity index is 1.91. The van der Waals surface area contributed by atoms with Crippen molar-refractivity contribution in [2.75, 3.05) is 11.9 Å². The van der Waals surface area contributed by atoms with Gasteiger partial charge in [-0.15, -0.1) is 11.3 Å². The van der Waals surface area contributed by atoms with Gasteiger partial charge in [0, 0.05) is 16.0 Å². The summed E-state index contributed by atoms with van der Waals surface area (Å²) >= 11 is 6.99. The molecule has 8 heteroatoms. The molecule has 0 aromatic carbocycles. The number of carbonyl (C=O) groups is 1. The van der Waals surface area contributed by atoms with Gasteiger partial charge in [-0.05, 0) is 71.0 Å². The number of ether oxygens (including phenoxy) is 1. The van der Waals surface area contributed by atoms with Crippen LogP contribution in [-0.2, 0) is 23.2 Å². The van der Waals surface area contributed by atoms with E-state index < -0.39 is 0 Å². The molecule has 0 fully saturated rings. The van der Waals surface area contributed by atoms with Crippen LogP contribution in [0.25, 0.3) is 0 Å². The average Bonchev–Trinajstić information content (AvgIpc) is 3.19. The van der Waals surface area contributed by atoms with Crippen molar-refractivity contribution in [3.05, 3.63) is 40.2 Å². The van der Waals surface area contributed by atoms with Crippen LogP contribution in [0.5, 0.6) is 0 Å². The molecule has 0 saturated heterocycles. The van der Waals surface area contributed by atoms with Crippen LogP contribution in [0.4, 0.5) is 5.00 Å². The summed E-state index contributed by atoms with van der Waals surface area (Å²) in [7, 11) is 0. The summed E-state index contributed by atoms with van der Waals surface area (Å²) in [6, 6.07) is 3.70. The van der Waals surface area contributed by atoms with E-state index in [-0.39, 0.29) is 17.0 Å². The second-order valence-corrected chi connectivity index (χ2v) is 9.46. The van der Waals surface area contributed by atoms with E-state index >= 15 is 0 Å². The zero-order valence-electron chi connectivity index (χ0n) is 16.9. The van der Waals surface area contributed by atoms with Crippen LogP contribution in [0.15, 0.2) is 22.8 Å². The number of esters is 1. The fourth-order valence-corrected chi connectivity index (χ4v) is 5.27. The quantitative estimate of drug-likeness (QED) is 0.494. The highest BCUT2D eigenvalue weighted by Gasteiger charge is 2.42. The van der Waals surface area contributed by atoms with Crippen LogP contribution in [-0.4, -0.2) is 23.2 Å². The van der Waals surface area contributed by atoms with E-state index in [2.05, 4.69) is 43.6 Å². The molecule has 3 N–H and O–H groups in total. The zero-order chi connectivity index (χ0) is 20.5. The van der Waals surface area contributed by atoms with Crippen molar-refractivity contribution < 1.29 is 13.9 Å². The number of thiophene rings is 1. The number of carbonyl (C=O) groups excluding carboxylic acids is 1. The molecule has 0 saturated carbocycles. The normalized spacial score (nSPS) is 16.9. The summed E-state index contributed by atoms with van der Waals surface area (Å²) in [5.74, 6) is 0.470. The molecule has 1 aliphatic rings. The van der Waals surface area contributed by atoms with E-state index in [0.717, 1.165) is 22.6 Å². The van der Waals surface area contributed by atoms with E-state index in [1.165, 1.54) is 0 Å². The number of hydrogen-bond acceptors (Lipinski definition) is 6. The molecule has 6 nitrogen and oxygen atoms in total. The van der Waals surface area contributed by atoms with Gasteiger partial charge in [-0.1, -0.05) is 0 Å². The molecule has 1 aliphatic heterocycles. The fraction of sp³-hybridized carbons (Fsp3) is 0.500. The Morgan fingerprint density at radius 2 is 2.14 bits per heavy atom. The minimum atomic E-state index is -0.315. The first-order valence-corrected chi connectivity index (χ1v) is 10.6. The molecule has 2 aromatic rings. The van der Waals surface area contributed by atoms with Crippen LogP contribution in [0.3, 0.4) is 0 Å². The van der Waals surface area contributed by atoms with Crippen LogP contribution >= 0.6 is 23.6 Å². The molecule has 152 valence electrons. The van der Waals surface area contributed by atoms with Crippen LogP contribution in [0, 0.1) is 0 Å². The highest BCUT2D eigenvalue weighted by atomic mass is 32.1. The van der Waals surface area contributed by atoms with Gasteiger partial charge in [0.2, 0.25) is 0 Å². The zero-order valence-corrected chi connectivity index (χ0v) is 18.5.